The van der Waals surface area contributed by atoms with Gasteiger partial charge in [0.15, 0.2) is 5.41 Å². The molecule has 3 atom stereocenters. The summed E-state index contributed by atoms with van der Waals surface area (Å²) in [6.07, 6.45) is 4.24. The second kappa shape index (κ2) is 14.0. The van der Waals surface area contributed by atoms with E-state index in [9.17, 15) is 14.7 Å². The molecule has 0 bridgehead atoms. The van der Waals surface area contributed by atoms with E-state index in [4.69, 9.17) is 9.47 Å². The number of piperidine rings is 2. The van der Waals surface area contributed by atoms with Gasteiger partial charge in [-0.3, -0.25) is 14.5 Å². The summed E-state index contributed by atoms with van der Waals surface area (Å²) in [6.45, 7) is 27.6. The maximum atomic E-state index is 14.8. The standard InChI is InChI=1S/C40H68N2O5/c1-16-17-18-40(34(44)46-29-19-26(2)41(14)27(3)20-29,35(45)47-30-24-38(10,11)42(15)39(12,13)25-30)23-28-21-31(36(4,5)6)33(43)32(22-28)37(7,8)9/h21-22,26-27,29-30,43H,16-20,23-25H2,1-15H3. The summed E-state index contributed by atoms with van der Waals surface area (Å²) in [4.78, 5) is 34.3. The molecule has 7 heteroatoms. The molecule has 1 aromatic rings. The number of likely N-dealkylation sites (tertiary alicyclic amines) is 2. The van der Waals surface area contributed by atoms with Crippen molar-refractivity contribution in [3.8, 4) is 5.75 Å². The summed E-state index contributed by atoms with van der Waals surface area (Å²) in [5.74, 6) is -0.670. The highest BCUT2D eigenvalue weighted by molar-refractivity contribution is 6.00. The van der Waals surface area contributed by atoms with Crippen LogP contribution in [0.3, 0.4) is 0 Å². The van der Waals surface area contributed by atoms with Crippen molar-refractivity contribution in [1.82, 2.24) is 9.80 Å². The molecule has 0 amide bonds. The number of ether oxygens (including phenoxy) is 2. The number of nitrogens with zero attached hydrogens (tertiary/aromatic N) is 2. The fourth-order valence-corrected chi connectivity index (χ4v) is 7.90. The van der Waals surface area contributed by atoms with Crippen molar-refractivity contribution in [2.45, 2.75) is 188 Å². The SMILES string of the molecule is CCCCC(Cc1cc(C(C)(C)C)c(O)c(C(C)(C)C)c1)(C(=O)OC1CC(C)N(C)C(C)C1)C(=O)OC1CC(C)(C)N(C)C(C)(C)C1. The lowest BCUT2D eigenvalue weighted by Gasteiger charge is -2.53. The second-order valence-electron chi connectivity index (χ2n) is 18.4. The highest BCUT2D eigenvalue weighted by Gasteiger charge is 2.52. The van der Waals surface area contributed by atoms with Crippen molar-refractivity contribution in [3.05, 3.63) is 28.8 Å². The van der Waals surface area contributed by atoms with Gasteiger partial charge in [0.25, 0.3) is 0 Å². The molecule has 0 spiro atoms. The van der Waals surface area contributed by atoms with Crippen molar-refractivity contribution in [3.63, 3.8) is 0 Å². The predicted molar refractivity (Wildman–Crippen MR) is 192 cm³/mol. The van der Waals surface area contributed by atoms with Gasteiger partial charge in [-0.2, -0.15) is 0 Å². The Bertz CT molecular complexity index is 1210. The van der Waals surface area contributed by atoms with Gasteiger partial charge in [0.1, 0.15) is 18.0 Å². The lowest BCUT2D eigenvalue weighted by molar-refractivity contribution is -0.186. The van der Waals surface area contributed by atoms with Crippen LogP contribution in [0.25, 0.3) is 0 Å². The summed E-state index contributed by atoms with van der Waals surface area (Å²) in [5.41, 5.74) is -0.107. The van der Waals surface area contributed by atoms with E-state index < -0.39 is 17.4 Å². The summed E-state index contributed by atoms with van der Waals surface area (Å²) >= 11 is 0. The van der Waals surface area contributed by atoms with E-state index in [1.807, 2.05) is 12.1 Å². The molecular formula is C40H68N2O5. The average Bonchev–Trinajstić information content (AvgIpc) is 2.91. The lowest BCUT2D eigenvalue weighted by Crippen LogP contribution is -2.61. The number of phenols is 1. The smallest absolute Gasteiger partial charge is 0.324 e. The van der Waals surface area contributed by atoms with Crippen LogP contribution in [0, 0.1) is 5.41 Å². The largest absolute Gasteiger partial charge is 0.507 e. The highest BCUT2D eigenvalue weighted by Crippen LogP contribution is 2.44. The van der Waals surface area contributed by atoms with E-state index in [0.29, 0.717) is 25.7 Å². The van der Waals surface area contributed by atoms with Gasteiger partial charge in [0.05, 0.1) is 0 Å². The molecule has 3 rings (SSSR count). The average molecular weight is 657 g/mol. The fraction of sp³-hybridized carbons (Fsp3) is 0.800. The van der Waals surface area contributed by atoms with Crippen LogP contribution in [0.5, 0.6) is 5.75 Å². The molecule has 268 valence electrons. The van der Waals surface area contributed by atoms with E-state index in [0.717, 1.165) is 36.0 Å². The van der Waals surface area contributed by atoms with Gasteiger partial charge in [-0.1, -0.05) is 73.4 Å². The van der Waals surface area contributed by atoms with Crippen LogP contribution in [-0.2, 0) is 36.3 Å². The van der Waals surface area contributed by atoms with Crippen molar-refractivity contribution in [2.75, 3.05) is 14.1 Å². The van der Waals surface area contributed by atoms with Crippen molar-refractivity contribution in [1.29, 1.82) is 0 Å². The molecule has 3 unspecified atom stereocenters. The number of phenolic OH excluding ortho intramolecular Hbond substituents is 1. The molecule has 0 aromatic heterocycles. The Hall–Kier alpha value is -2.12. The molecule has 2 heterocycles. The monoisotopic (exact) mass is 657 g/mol. The topological polar surface area (TPSA) is 79.3 Å². The third-order valence-corrected chi connectivity index (χ3v) is 11.4. The molecule has 1 N–H and O–H groups in total. The Labute approximate surface area is 287 Å². The highest BCUT2D eigenvalue weighted by atomic mass is 16.6. The Morgan fingerprint density at radius 1 is 0.830 bits per heavy atom. The Balaban J connectivity index is 2.16. The lowest BCUT2D eigenvalue weighted by atomic mass is 9.73. The van der Waals surface area contributed by atoms with Crippen LogP contribution in [-0.4, -0.2) is 76.3 Å². The zero-order valence-electron chi connectivity index (χ0n) is 32.6. The minimum atomic E-state index is -1.51. The van der Waals surface area contributed by atoms with Crippen LogP contribution < -0.4 is 0 Å². The molecule has 2 fully saturated rings. The first-order valence-corrected chi connectivity index (χ1v) is 18.1. The van der Waals surface area contributed by atoms with E-state index in [2.05, 4.69) is 114 Å². The number of rotatable bonds is 9. The number of carbonyl (C=O) groups excluding carboxylic acids is 2. The Morgan fingerprint density at radius 2 is 1.26 bits per heavy atom. The van der Waals surface area contributed by atoms with Crippen molar-refractivity contribution >= 4 is 11.9 Å². The zero-order valence-corrected chi connectivity index (χ0v) is 32.6. The van der Waals surface area contributed by atoms with Crippen LogP contribution in [0.2, 0.25) is 0 Å². The molecule has 2 saturated heterocycles. The van der Waals surface area contributed by atoms with Crippen LogP contribution in [0.4, 0.5) is 0 Å². The molecule has 47 heavy (non-hydrogen) atoms. The van der Waals surface area contributed by atoms with Crippen molar-refractivity contribution in [2.24, 2.45) is 5.41 Å². The van der Waals surface area contributed by atoms with E-state index in [1.165, 1.54) is 0 Å². The van der Waals surface area contributed by atoms with Gasteiger partial charge in [0.2, 0.25) is 0 Å². The third-order valence-electron chi connectivity index (χ3n) is 11.4. The summed E-state index contributed by atoms with van der Waals surface area (Å²) < 4.78 is 12.9. The minimum Gasteiger partial charge on any atom is -0.507 e. The van der Waals surface area contributed by atoms with E-state index >= 15 is 0 Å². The summed E-state index contributed by atoms with van der Waals surface area (Å²) in [7, 11) is 4.25. The van der Waals surface area contributed by atoms with Crippen LogP contribution >= 0.6 is 0 Å². The minimum absolute atomic E-state index is 0.161. The van der Waals surface area contributed by atoms with Gasteiger partial charge >= 0.3 is 11.9 Å². The molecular weight excluding hydrogens is 588 g/mol. The Morgan fingerprint density at radius 3 is 1.66 bits per heavy atom. The van der Waals surface area contributed by atoms with Gasteiger partial charge in [-0.05, 0) is 109 Å². The summed E-state index contributed by atoms with van der Waals surface area (Å²) in [6, 6.07) is 4.51. The van der Waals surface area contributed by atoms with Gasteiger partial charge in [-0.25, -0.2) is 0 Å². The van der Waals surface area contributed by atoms with Crippen molar-refractivity contribution < 1.29 is 24.2 Å². The van der Waals surface area contributed by atoms with E-state index in [-0.39, 0.29) is 58.4 Å². The fourth-order valence-electron chi connectivity index (χ4n) is 7.90. The van der Waals surface area contributed by atoms with E-state index in [1.54, 1.807) is 0 Å². The zero-order chi connectivity index (χ0) is 35.9. The van der Waals surface area contributed by atoms with Crippen LogP contribution in [0.1, 0.15) is 152 Å². The second-order valence-corrected chi connectivity index (χ2v) is 18.4. The molecule has 7 nitrogen and oxygen atoms in total. The number of benzene rings is 1. The number of aromatic hydroxyl groups is 1. The molecule has 0 radical (unpaired) electrons. The molecule has 1 aromatic carbocycles. The molecule has 0 aliphatic carbocycles. The number of carbonyl (C=O) groups is 2. The number of esters is 2. The third kappa shape index (κ3) is 8.73. The Kier molecular flexibility index (Phi) is 11.7. The maximum absolute atomic E-state index is 14.8. The quantitative estimate of drug-likeness (QED) is 0.212. The first-order valence-electron chi connectivity index (χ1n) is 18.1. The first kappa shape index (κ1) is 39.3. The van der Waals surface area contributed by atoms with Gasteiger partial charge in [-0.15, -0.1) is 0 Å². The molecule has 2 aliphatic heterocycles. The van der Waals surface area contributed by atoms with Crippen LogP contribution in [0.15, 0.2) is 12.1 Å². The molecule has 0 saturated carbocycles. The normalized spacial score (nSPS) is 25.6. The number of hydrogen-bond acceptors (Lipinski definition) is 7. The predicted octanol–water partition coefficient (Wildman–Crippen LogP) is 8.32. The molecule has 2 aliphatic rings. The first-order chi connectivity index (χ1) is 21.4. The van der Waals surface area contributed by atoms with Gasteiger partial charge in [0, 0.05) is 36.0 Å². The number of unbranched alkanes of at least 4 members (excludes halogenated alkanes) is 1. The summed E-state index contributed by atoms with van der Waals surface area (Å²) in [5, 5.41) is 11.5. The van der Waals surface area contributed by atoms with Gasteiger partial charge < -0.3 is 19.5 Å². The maximum Gasteiger partial charge on any atom is 0.324 e. The number of hydrogen-bond donors (Lipinski definition) is 1.